The minimum atomic E-state index is -0.355. The number of benzene rings is 2. The van der Waals surface area contributed by atoms with Crippen molar-refractivity contribution in [2.24, 2.45) is 0 Å². The number of aromatic nitrogens is 1. The summed E-state index contributed by atoms with van der Waals surface area (Å²) in [6.45, 7) is 3.58. The second kappa shape index (κ2) is 10.6. The molecule has 2 heterocycles. The first-order valence-corrected chi connectivity index (χ1v) is 11.1. The molecule has 0 bridgehead atoms. The first kappa shape index (κ1) is 21.6. The van der Waals surface area contributed by atoms with Crippen LogP contribution in [-0.2, 0) is 28.9 Å². The molecule has 0 radical (unpaired) electrons. The molecule has 4 rings (SSSR count). The van der Waals surface area contributed by atoms with E-state index in [1.807, 2.05) is 0 Å². The Morgan fingerprint density at radius 2 is 1.81 bits per heavy atom. The Labute approximate surface area is 183 Å². The molecule has 31 heavy (non-hydrogen) atoms. The van der Waals surface area contributed by atoms with Crippen LogP contribution in [0.15, 0.2) is 54.7 Å². The van der Waals surface area contributed by atoms with Crippen molar-refractivity contribution in [1.29, 1.82) is 0 Å². The molecule has 1 saturated heterocycles. The van der Waals surface area contributed by atoms with Crippen LogP contribution in [-0.4, -0.2) is 46.8 Å². The summed E-state index contributed by atoms with van der Waals surface area (Å²) in [5.74, 6) is -0.355. The third kappa shape index (κ3) is 5.73. The van der Waals surface area contributed by atoms with Gasteiger partial charge in [0.15, 0.2) is 0 Å². The van der Waals surface area contributed by atoms with Crippen LogP contribution in [0, 0.1) is 0 Å². The Bertz CT molecular complexity index is 977. The molecule has 1 fully saturated rings. The molecule has 3 aromatic rings. The highest BCUT2D eigenvalue weighted by Gasteiger charge is 2.22. The fourth-order valence-corrected chi connectivity index (χ4v) is 4.40. The molecular formula is C25H31N3O3. The average molecular weight is 422 g/mol. The number of hydrogen-bond donors (Lipinski definition) is 3. The zero-order chi connectivity index (χ0) is 21.5. The Morgan fingerprint density at radius 1 is 1.06 bits per heavy atom. The Hall–Kier alpha value is -2.67. The number of nitrogens with one attached hydrogen (secondary N) is 2. The largest absolute Gasteiger partial charge is 0.381 e. The monoisotopic (exact) mass is 421 g/mol. The minimum absolute atomic E-state index is 0.286. The molecule has 0 atom stereocenters. The van der Waals surface area contributed by atoms with Gasteiger partial charge in [0.2, 0.25) is 5.91 Å². The number of carbonyl (C=O) groups excluding carboxylic acids is 1. The van der Waals surface area contributed by atoms with Crippen LogP contribution in [0.1, 0.15) is 36.0 Å². The quantitative estimate of drug-likeness (QED) is 0.362. The second-order valence-corrected chi connectivity index (χ2v) is 8.27. The predicted octanol–water partition coefficient (Wildman–Crippen LogP) is 3.83. The first-order valence-electron chi connectivity index (χ1n) is 11.1. The fourth-order valence-electron chi connectivity index (χ4n) is 4.40. The van der Waals surface area contributed by atoms with Crippen molar-refractivity contribution in [1.82, 2.24) is 15.4 Å². The number of H-pyrrole nitrogens is 1. The summed E-state index contributed by atoms with van der Waals surface area (Å²) in [4.78, 5) is 17.2. The van der Waals surface area contributed by atoms with Crippen LogP contribution in [0.2, 0.25) is 0 Å². The molecule has 0 aliphatic carbocycles. The summed E-state index contributed by atoms with van der Waals surface area (Å²) in [6.07, 6.45) is 6.20. The van der Waals surface area contributed by atoms with Gasteiger partial charge < -0.3 is 9.72 Å². The number of aromatic amines is 1. The number of rotatable bonds is 9. The summed E-state index contributed by atoms with van der Waals surface area (Å²) in [5, 5.41) is 9.95. The van der Waals surface area contributed by atoms with E-state index >= 15 is 0 Å². The van der Waals surface area contributed by atoms with Crippen LogP contribution in [0.5, 0.6) is 0 Å². The number of hydrogen-bond acceptors (Lipinski definition) is 4. The number of para-hydroxylation sites is 1. The standard InChI is InChI=1S/C25H31N3O3/c29-25(27-30)10-9-19-5-7-20(8-6-19)18-28(22-12-15-31-16-13-22)14-11-21-17-26-24-4-2-1-3-23(21)24/h1-8,17,22,26,30H,9-16,18H2,(H,27,29). The van der Waals surface area contributed by atoms with Crippen molar-refractivity contribution in [3.05, 3.63) is 71.4 Å². The third-order valence-electron chi connectivity index (χ3n) is 6.22. The van der Waals surface area contributed by atoms with Crippen LogP contribution >= 0.6 is 0 Å². The van der Waals surface area contributed by atoms with Crippen molar-refractivity contribution < 1.29 is 14.7 Å². The molecule has 0 unspecified atom stereocenters. The summed E-state index contributed by atoms with van der Waals surface area (Å²) in [5.41, 5.74) is 6.63. The lowest BCUT2D eigenvalue weighted by Crippen LogP contribution is -2.40. The highest BCUT2D eigenvalue weighted by atomic mass is 16.5. The van der Waals surface area contributed by atoms with E-state index in [-0.39, 0.29) is 12.3 Å². The van der Waals surface area contributed by atoms with Crippen LogP contribution in [0.4, 0.5) is 0 Å². The highest BCUT2D eigenvalue weighted by Crippen LogP contribution is 2.22. The zero-order valence-electron chi connectivity index (χ0n) is 17.8. The van der Waals surface area contributed by atoms with Gasteiger partial charge in [-0.1, -0.05) is 42.5 Å². The zero-order valence-corrected chi connectivity index (χ0v) is 17.8. The summed E-state index contributed by atoms with van der Waals surface area (Å²) in [7, 11) is 0. The summed E-state index contributed by atoms with van der Waals surface area (Å²) >= 11 is 0. The minimum Gasteiger partial charge on any atom is -0.381 e. The average Bonchev–Trinajstić information content (AvgIpc) is 3.24. The molecule has 1 aliphatic heterocycles. The van der Waals surface area contributed by atoms with E-state index in [1.54, 1.807) is 5.48 Å². The van der Waals surface area contributed by atoms with Crippen molar-refractivity contribution in [3.8, 4) is 0 Å². The van der Waals surface area contributed by atoms with Gasteiger partial charge in [-0.2, -0.15) is 0 Å². The first-order chi connectivity index (χ1) is 15.2. The molecule has 0 saturated carbocycles. The summed E-state index contributed by atoms with van der Waals surface area (Å²) in [6, 6.07) is 17.5. The van der Waals surface area contributed by atoms with Gasteiger partial charge in [-0.05, 0) is 48.4 Å². The number of ether oxygens (including phenoxy) is 1. The van der Waals surface area contributed by atoms with Crippen molar-refractivity contribution in [3.63, 3.8) is 0 Å². The summed E-state index contributed by atoms with van der Waals surface area (Å²) < 4.78 is 5.60. The van der Waals surface area contributed by atoms with E-state index in [1.165, 1.54) is 22.0 Å². The molecule has 0 spiro atoms. The lowest BCUT2D eigenvalue weighted by molar-refractivity contribution is -0.129. The van der Waals surface area contributed by atoms with Crippen molar-refractivity contribution >= 4 is 16.8 Å². The number of carbonyl (C=O) groups is 1. The highest BCUT2D eigenvalue weighted by molar-refractivity contribution is 5.83. The van der Waals surface area contributed by atoms with Gasteiger partial charge in [0, 0.05) is 55.9 Å². The lowest BCUT2D eigenvalue weighted by Gasteiger charge is -2.34. The van der Waals surface area contributed by atoms with E-state index in [4.69, 9.17) is 9.94 Å². The molecular weight excluding hydrogens is 390 g/mol. The molecule has 164 valence electrons. The lowest BCUT2D eigenvalue weighted by atomic mass is 10.0. The van der Waals surface area contributed by atoms with Crippen molar-refractivity contribution in [2.75, 3.05) is 19.8 Å². The van der Waals surface area contributed by atoms with Gasteiger partial charge in [0.25, 0.3) is 0 Å². The predicted molar refractivity (Wildman–Crippen MR) is 121 cm³/mol. The maximum Gasteiger partial charge on any atom is 0.243 e. The molecule has 1 amide bonds. The smallest absolute Gasteiger partial charge is 0.243 e. The number of amides is 1. The topological polar surface area (TPSA) is 77.6 Å². The van der Waals surface area contributed by atoms with Gasteiger partial charge >= 0.3 is 0 Å². The van der Waals surface area contributed by atoms with Gasteiger partial charge in [-0.15, -0.1) is 0 Å². The SMILES string of the molecule is O=C(CCc1ccc(CN(CCc2c[nH]c3ccccc23)C2CCOCC2)cc1)NO. The maximum atomic E-state index is 11.2. The third-order valence-corrected chi connectivity index (χ3v) is 6.22. The normalized spacial score (nSPS) is 14.9. The molecule has 6 heteroatoms. The van der Waals surface area contributed by atoms with E-state index in [2.05, 4.69) is 64.6 Å². The van der Waals surface area contributed by atoms with Gasteiger partial charge in [-0.3, -0.25) is 14.9 Å². The Balaban J connectivity index is 1.42. The van der Waals surface area contributed by atoms with Crippen LogP contribution in [0.3, 0.4) is 0 Å². The second-order valence-electron chi connectivity index (χ2n) is 8.27. The van der Waals surface area contributed by atoms with E-state index in [9.17, 15) is 4.79 Å². The van der Waals surface area contributed by atoms with E-state index in [0.29, 0.717) is 12.5 Å². The number of hydroxylamine groups is 1. The Kier molecular flexibility index (Phi) is 7.35. The number of fused-ring (bicyclic) bond motifs is 1. The fraction of sp³-hybridized carbons (Fsp3) is 0.400. The van der Waals surface area contributed by atoms with Gasteiger partial charge in [0.05, 0.1) is 0 Å². The molecule has 3 N–H and O–H groups in total. The molecule has 6 nitrogen and oxygen atoms in total. The van der Waals surface area contributed by atoms with Crippen LogP contribution in [0.25, 0.3) is 10.9 Å². The van der Waals surface area contributed by atoms with E-state index in [0.717, 1.165) is 51.1 Å². The number of aryl methyl sites for hydroxylation is 1. The van der Waals surface area contributed by atoms with Gasteiger partial charge in [-0.25, -0.2) is 5.48 Å². The van der Waals surface area contributed by atoms with Crippen LogP contribution < -0.4 is 5.48 Å². The number of nitrogens with zero attached hydrogens (tertiary/aromatic N) is 1. The molecule has 1 aliphatic rings. The molecule has 1 aromatic heterocycles. The van der Waals surface area contributed by atoms with Gasteiger partial charge in [0.1, 0.15) is 0 Å². The van der Waals surface area contributed by atoms with Crippen molar-refractivity contribution in [2.45, 2.75) is 44.7 Å². The molecule has 2 aromatic carbocycles. The Morgan fingerprint density at radius 3 is 2.58 bits per heavy atom. The van der Waals surface area contributed by atoms with E-state index < -0.39 is 0 Å². The maximum absolute atomic E-state index is 11.2.